The Morgan fingerprint density at radius 2 is 2.07 bits per heavy atom. The number of carbonyl (C=O) groups is 1. The van der Waals surface area contributed by atoms with Crippen LogP contribution in [0.25, 0.3) is 16.2 Å². The van der Waals surface area contributed by atoms with Crippen LogP contribution >= 0.6 is 22.9 Å². The van der Waals surface area contributed by atoms with Gasteiger partial charge in [-0.1, -0.05) is 29.8 Å². The summed E-state index contributed by atoms with van der Waals surface area (Å²) < 4.78 is 1.86. The van der Waals surface area contributed by atoms with E-state index in [9.17, 15) is 4.79 Å². The normalized spacial score (nSPS) is 12.3. The van der Waals surface area contributed by atoms with Gasteiger partial charge < -0.3 is 5.32 Å². The average Bonchev–Trinajstić information content (AvgIpc) is 3.25. The Balaban J connectivity index is 1.58. The standard InChI is InChI=1S/C19H16ClN5OS/c1-11-16(27-19(22-11)13-6-5-7-14(20)10-13)18(26)21-12(2)17-24-23-15-8-3-4-9-25(15)17/h3-10,12H,1-2H3,(H,21,26). The Bertz CT molecular complexity index is 1140. The minimum absolute atomic E-state index is 0.182. The number of carbonyl (C=O) groups excluding carboxylic acids is 1. The number of thiazole rings is 1. The smallest absolute Gasteiger partial charge is 0.263 e. The fourth-order valence-corrected chi connectivity index (χ4v) is 3.99. The number of amides is 1. The van der Waals surface area contributed by atoms with Gasteiger partial charge in [0.1, 0.15) is 9.88 Å². The quantitative estimate of drug-likeness (QED) is 0.557. The average molecular weight is 398 g/mol. The van der Waals surface area contributed by atoms with Gasteiger partial charge >= 0.3 is 0 Å². The molecule has 0 spiro atoms. The summed E-state index contributed by atoms with van der Waals surface area (Å²) in [6, 6.07) is 12.8. The molecule has 3 aromatic heterocycles. The molecule has 0 saturated heterocycles. The van der Waals surface area contributed by atoms with E-state index in [0.29, 0.717) is 21.4 Å². The molecule has 1 atom stereocenters. The minimum atomic E-state index is -0.300. The van der Waals surface area contributed by atoms with E-state index in [0.717, 1.165) is 16.2 Å². The molecule has 4 rings (SSSR count). The van der Waals surface area contributed by atoms with Crippen molar-refractivity contribution in [3.05, 3.63) is 70.1 Å². The number of rotatable bonds is 4. The summed E-state index contributed by atoms with van der Waals surface area (Å²) in [6.07, 6.45) is 1.88. The number of aromatic nitrogens is 4. The Kier molecular flexibility index (Phi) is 4.63. The topological polar surface area (TPSA) is 72.2 Å². The van der Waals surface area contributed by atoms with Gasteiger partial charge in [-0.25, -0.2) is 4.98 Å². The van der Waals surface area contributed by atoms with Crippen molar-refractivity contribution in [1.82, 2.24) is 24.9 Å². The third-order valence-corrected chi connectivity index (χ3v) is 5.59. The molecule has 4 aromatic rings. The highest BCUT2D eigenvalue weighted by Gasteiger charge is 2.21. The Morgan fingerprint density at radius 1 is 1.22 bits per heavy atom. The van der Waals surface area contributed by atoms with Gasteiger partial charge in [0.2, 0.25) is 0 Å². The van der Waals surface area contributed by atoms with Crippen LogP contribution in [0.1, 0.15) is 34.2 Å². The molecule has 136 valence electrons. The van der Waals surface area contributed by atoms with Crippen LogP contribution in [0.15, 0.2) is 48.7 Å². The fourth-order valence-electron chi connectivity index (χ4n) is 2.83. The molecule has 1 amide bonds. The molecule has 0 bridgehead atoms. The summed E-state index contributed by atoms with van der Waals surface area (Å²) in [4.78, 5) is 17.9. The van der Waals surface area contributed by atoms with Crippen LogP contribution in [-0.4, -0.2) is 25.5 Å². The SMILES string of the molecule is Cc1nc(-c2cccc(Cl)c2)sc1C(=O)NC(C)c1nnc2ccccn12. The van der Waals surface area contributed by atoms with E-state index in [1.54, 1.807) is 0 Å². The zero-order valence-electron chi connectivity index (χ0n) is 14.7. The van der Waals surface area contributed by atoms with E-state index in [-0.39, 0.29) is 11.9 Å². The van der Waals surface area contributed by atoms with E-state index >= 15 is 0 Å². The molecule has 1 aromatic carbocycles. The Labute approximate surface area is 164 Å². The van der Waals surface area contributed by atoms with E-state index in [4.69, 9.17) is 11.6 Å². The number of nitrogens with one attached hydrogen (secondary N) is 1. The molecule has 0 saturated carbocycles. The molecule has 0 aliphatic heterocycles. The lowest BCUT2D eigenvalue weighted by atomic mass is 10.2. The van der Waals surface area contributed by atoms with Gasteiger partial charge in [0, 0.05) is 16.8 Å². The first-order valence-corrected chi connectivity index (χ1v) is 9.56. The van der Waals surface area contributed by atoms with Crippen LogP contribution in [0.2, 0.25) is 5.02 Å². The van der Waals surface area contributed by atoms with Crippen molar-refractivity contribution in [1.29, 1.82) is 0 Å². The first kappa shape index (κ1) is 17.6. The van der Waals surface area contributed by atoms with Crippen LogP contribution in [0.5, 0.6) is 0 Å². The van der Waals surface area contributed by atoms with E-state index in [1.807, 2.05) is 66.9 Å². The summed E-state index contributed by atoms with van der Waals surface area (Å²) in [7, 11) is 0. The predicted molar refractivity (Wildman–Crippen MR) is 106 cm³/mol. The summed E-state index contributed by atoms with van der Waals surface area (Å²) >= 11 is 7.41. The third-order valence-electron chi connectivity index (χ3n) is 4.15. The Hall–Kier alpha value is -2.77. The maximum absolute atomic E-state index is 12.8. The third kappa shape index (κ3) is 3.43. The van der Waals surface area contributed by atoms with Gasteiger partial charge in [-0.15, -0.1) is 21.5 Å². The highest BCUT2D eigenvalue weighted by atomic mass is 35.5. The zero-order valence-corrected chi connectivity index (χ0v) is 16.3. The van der Waals surface area contributed by atoms with Gasteiger partial charge in [-0.05, 0) is 38.1 Å². The summed E-state index contributed by atoms with van der Waals surface area (Å²) in [5, 5.41) is 12.7. The van der Waals surface area contributed by atoms with Gasteiger partial charge in [-0.3, -0.25) is 9.20 Å². The van der Waals surface area contributed by atoms with Crippen molar-refractivity contribution >= 4 is 34.5 Å². The molecule has 0 aliphatic rings. The molecule has 27 heavy (non-hydrogen) atoms. The number of aryl methyl sites for hydroxylation is 1. The van der Waals surface area contributed by atoms with Crippen molar-refractivity contribution in [3.8, 4) is 10.6 Å². The number of hydrogen-bond donors (Lipinski definition) is 1. The van der Waals surface area contributed by atoms with Gasteiger partial charge in [0.25, 0.3) is 5.91 Å². The number of pyridine rings is 1. The number of benzene rings is 1. The van der Waals surface area contributed by atoms with E-state index < -0.39 is 0 Å². The van der Waals surface area contributed by atoms with Gasteiger partial charge in [-0.2, -0.15) is 0 Å². The van der Waals surface area contributed by atoms with Crippen LogP contribution in [-0.2, 0) is 0 Å². The molecule has 8 heteroatoms. The monoisotopic (exact) mass is 397 g/mol. The maximum atomic E-state index is 12.8. The molecule has 1 unspecified atom stereocenters. The lowest BCUT2D eigenvalue weighted by Crippen LogP contribution is -2.27. The fraction of sp³-hybridized carbons (Fsp3) is 0.158. The maximum Gasteiger partial charge on any atom is 0.263 e. The van der Waals surface area contributed by atoms with Crippen molar-refractivity contribution in [2.75, 3.05) is 0 Å². The summed E-state index contributed by atoms with van der Waals surface area (Å²) in [5.74, 6) is 0.495. The number of nitrogens with zero attached hydrogens (tertiary/aromatic N) is 4. The minimum Gasteiger partial charge on any atom is -0.342 e. The molecule has 1 N–H and O–H groups in total. The molecular weight excluding hydrogens is 382 g/mol. The second kappa shape index (κ2) is 7.09. The highest BCUT2D eigenvalue weighted by molar-refractivity contribution is 7.17. The molecular formula is C19H16ClN5OS. The van der Waals surface area contributed by atoms with E-state index in [1.165, 1.54) is 11.3 Å². The largest absolute Gasteiger partial charge is 0.342 e. The molecule has 0 aliphatic carbocycles. The number of halogens is 1. The first-order valence-electron chi connectivity index (χ1n) is 8.37. The van der Waals surface area contributed by atoms with Gasteiger partial charge in [0.05, 0.1) is 11.7 Å². The molecule has 6 nitrogen and oxygen atoms in total. The van der Waals surface area contributed by atoms with Crippen molar-refractivity contribution in [2.24, 2.45) is 0 Å². The summed E-state index contributed by atoms with van der Waals surface area (Å²) in [5.41, 5.74) is 2.32. The van der Waals surface area contributed by atoms with Crippen LogP contribution < -0.4 is 5.32 Å². The summed E-state index contributed by atoms with van der Waals surface area (Å²) in [6.45, 7) is 3.71. The van der Waals surface area contributed by atoms with Crippen LogP contribution in [0, 0.1) is 6.92 Å². The van der Waals surface area contributed by atoms with Crippen molar-refractivity contribution in [3.63, 3.8) is 0 Å². The van der Waals surface area contributed by atoms with E-state index in [2.05, 4.69) is 20.5 Å². The Morgan fingerprint density at radius 3 is 2.89 bits per heavy atom. The first-order chi connectivity index (χ1) is 13.0. The molecule has 3 heterocycles. The zero-order chi connectivity index (χ0) is 19.0. The van der Waals surface area contributed by atoms with Gasteiger partial charge in [0.15, 0.2) is 11.5 Å². The predicted octanol–water partition coefficient (Wildman–Crippen LogP) is 4.31. The van der Waals surface area contributed by atoms with Crippen molar-refractivity contribution in [2.45, 2.75) is 19.9 Å². The second-order valence-electron chi connectivity index (χ2n) is 6.13. The molecule has 0 radical (unpaired) electrons. The van der Waals surface area contributed by atoms with Crippen LogP contribution in [0.3, 0.4) is 0 Å². The number of hydrogen-bond acceptors (Lipinski definition) is 5. The lowest BCUT2D eigenvalue weighted by Gasteiger charge is -2.11. The highest BCUT2D eigenvalue weighted by Crippen LogP contribution is 2.29. The van der Waals surface area contributed by atoms with Crippen molar-refractivity contribution < 1.29 is 4.79 Å². The second-order valence-corrected chi connectivity index (χ2v) is 7.56. The number of fused-ring (bicyclic) bond motifs is 1. The molecule has 0 fully saturated rings. The van der Waals surface area contributed by atoms with Crippen LogP contribution in [0.4, 0.5) is 0 Å². The lowest BCUT2D eigenvalue weighted by molar-refractivity contribution is 0.0941.